The van der Waals surface area contributed by atoms with Crippen LogP contribution in [0.15, 0.2) is 30.0 Å². The normalized spacial score (nSPS) is 14.3. The largest absolute Gasteiger partial charge is 0.397 e. The minimum absolute atomic E-state index is 0.214. The first-order valence-corrected chi connectivity index (χ1v) is 4.83. The molecule has 0 spiro atoms. The number of H-pyrrole nitrogens is 1. The number of nitrogens with two attached hydrogens (primary N) is 1. The van der Waals surface area contributed by atoms with Gasteiger partial charge in [-0.1, -0.05) is 12.1 Å². The van der Waals surface area contributed by atoms with E-state index in [2.05, 4.69) is 4.98 Å². The van der Waals surface area contributed by atoms with Crippen molar-refractivity contribution in [3.8, 4) is 6.07 Å². The minimum Gasteiger partial charge on any atom is -0.397 e. The zero-order valence-corrected chi connectivity index (χ0v) is 8.33. The summed E-state index contributed by atoms with van der Waals surface area (Å²) in [6.45, 7) is 0. The molecule has 0 saturated carbocycles. The van der Waals surface area contributed by atoms with Gasteiger partial charge in [-0.15, -0.1) is 0 Å². The highest BCUT2D eigenvalue weighted by molar-refractivity contribution is 6.26. The van der Waals surface area contributed by atoms with Gasteiger partial charge in [0.2, 0.25) is 0 Å². The van der Waals surface area contributed by atoms with E-state index in [9.17, 15) is 0 Å². The van der Waals surface area contributed by atoms with Gasteiger partial charge in [0.1, 0.15) is 11.6 Å². The van der Waals surface area contributed by atoms with Crippen LogP contribution < -0.4 is 5.73 Å². The number of hydrogen-bond acceptors (Lipinski definition) is 3. The van der Waals surface area contributed by atoms with E-state index in [1.54, 1.807) is 0 Å². The van der Waals surface area contributed by atoms with Gasteiger partial charge < -0.3 is 10.7 Å². The lowest BCUT2D eigenvalue weighted by molar-refractivity contribution is 1.44. The SMILES string of the molecule is N#CC1=C(N)c2c(ccc3cc[nH]c23)C1=N. The third-order valence-electron chi connectivity index (χ3n) is 2.90. The Labute approximate surface area is 91.5 Å². The average Bonchev–Trinajstić information content (AvgIpc) is 2.83. The van der Waals surface area contributed by atoms with E-state index in [1.165, 1.54) is 0 Å². The molecule has 0 radical (unpaired) electrons. The maximum absolute atomic E-state index is 8.96. The van der Waals surface area contributed by atoms with Crippen LogP contribution in [0.2, 0.25) is 0 Å². The van der Waals surface area contributed by atoms with Crippen molar-refractivity contribution >= 4 is 22.3 Å². The van der Waals surface area contributed by atoms with Crippen LogP contribution in [0, 0.1) is 16.7 Å². The summed E-state index contributed by atoms with van der Waals surface area (Å²) >= 11 is 0. The Morgan fingerprint density at radius 1 is 1.31 bits per heavy atom. The van der Waals surface area contributed by atoms with E-state index in [-0.39, 0.29) is 11.3 Å². The van der Waals surface area contributed by atoms with Crippen molar-refractivity contribution in [1.82, 2.24) is 4.98 Å². The van der Waals surface area contributed by atoms with Gasteiger partial charge in [-0.2, -0.15) is 5.26 Å². The molecule has 0 unspecified atom stereocenters. The molecule has 0 bridgehead atoms. The van der Waals surface area contributed by atoms with Crippen molar-refractivity contribution in [3.05, 3.63) is 41.1 Å². The van der Waals surface area contributed by atoms with Gasteiger partial charge in [-0.3, -0.25) is 5.41 Å². The predicted molar refractivity (Wildman–Crippen MR) is 61.8 cm³/mol. The van der Waals surface area contributed by atoms with Crippen molar-refractivity contribution in [1.29, 1.82) is 10.7 Å². The fourth-order valence-electron chi connectivity index (χ4n) is 2.13. The Bertz CT molecular complexity index is 697. The number of nitrogens with one attached hydrogen (secondary N) is 2. The molecule has 1 aliphatic carbocycles. The summed E-state index contributed by atoms with van der Waals surface area (Å²) in [6.07, 6.45) is 1.83. The molecular formula is C12H8N4. The van der Waals surface area contributed by atoms with Crippen LogP contribution in [0.4, 0.5) is 0 Å². The monoisotopic (exact) mass is 208 g/mol. The van der Waals surface area contributed by atoms with Gasteiger partial charge in [-0.25, -0.2) is 0 Å². The van der Waals surface area contributed by atoms with Gasteiger partial charge in [0, 0.05) is 22.7 Å². The second kappa shape index (κ2) is 2.74. The van der Waals surface area contributed by atoms with E-state index in [1.807, 2.05) is 30.5 Å². The Hall–Kier alpha value is -2.54. The molecule has 2 aromatic rings. The zero-order chi connectivity index (χ0) is 11.3. The van der Waals surface area contributed by atoms with E-state index < -0.39 is 0 Å². The molecule has 4 N–H and O–H groups in total. The molecule has 0 fully saturated rings. The first-order valence-electron chi connectivity index (χ1n) is 4.83. The average molecular weight is 208 g/mol. The lowest BCUT2D eigenvalue weighted by atomic mass is 10.0. The Morgan fingerprint density at radius 3 is 2.88 bits per heavy atom. The smallest absolute Gasteiger partial charge is 0.104 e. The number of nitrogens with zero attached hydrogens (tertiary/aromatic N) is 1. The van der Waals surface area contributed by atoms with Crippen molar-refractivity contribution in [2.75, 3.05) is 0 Å². The maximum Gasteiger partial charge on any atom is 0.104 e. The summed E-state index contributed by atoms with van der Waals surface area (Å²) in [5, 5.41) is 17.9. The number of rotatable bonds is 0. The quantitative estimate of drug-likeness (QED) is 0.615. The molecule has 4 heteroatoms. The number of nitriles is 1. The second-order valence-electron chi connectivity index (χ2n) is 3.71. The third-order valence-corrected chi connectivity index (χ3v) is 2.90. The number of aromatic nitrogens is 1. The summed E-state index contributed by atoms with van der Waals surface area (Å²) < 4.78 is 0. The van der Waals surface area contributed by atoms with Crippen LogP contribution in [0.1, 0.15) is 11.1 Å². The van der Waals surface area contributed by atoms with Crippen LogP contribution >= 0.6 is 0 Å². The van der Waals surface area contributed by atoms with Crippen LogP contribution in [0.25, 0.3) is 16.6 Å². The van der Waals surface area contributed by atoms with Crippen molar-refractivity contribution in [2.24, 2.45) is 5.73 Å². The van der Waals surface area contributed by atoms with Crippen LogP contribution in [-0.4, -0.2) is 10.7 Å². The molecule has 1 aliphatic rings. The van der Waals surface area contributed by atoms with Gasteiger partial charge >= 0.3 is 0 Å². The fourth-order valence-corrected chi connectivity index (χ4v) is 2.13. The Balaban J connectivity index is 2.49. The topological polar surface area (TPSA) is 89.4 Å². The number of aromatic amines is 1. The highest BCUT2D eigenvalue weighted by atomic mass is 14.7. The number of benzene rings is 1. The molecule has 1 aromatic carbocycles. The molecule has 0 amide bonds. The third kappa shape index (κ3) is 0.848. The van der Waals surface area contributed by atoms with Gasteiger partial charge in [0.25, 0.3) is 0 Å². The molecule has 4 nitrogen and oxygen atoms in total. The van der Waals surface area contributed by atoms with E-state index in [0.717, 1.165) is 22.0 Å². The summed E-state index contributed by atoms with van der Waals surface area (Å²) in [5.41, 5.74) is 9.19. The highest BCUT2D eigenvalue weighted by Crippen LogP contribution is 2.34. The molecule has 16 heavy (non-hydrogen) atoms. The van der Waals surface area contributed by atoms with Gasteiger partial charge in [-0.05, 0) is 6.07 Å². The van der Waals surface area contributed by atoms with Gasteiger partial charge in [0.15, 0.2) is 0 Å². The van der Waals surface area contributed by atoms with Crippen LogP contribution in [-0.2, 0) is 0 Å². The Kier molecular flexibility index (Phi) is 1.49. The summed E-state index contributed by atoms with van der Waals surface area (Å²) in [5.74, 6) is 0. The summed E-state index contributed by atoms with van der Waals surface area (Å²) in [6, 6.07) is 7.69. The first kappa shape index (κ1) is 8.74. The number of allylic oxidation sites excluding steroid dienone is 1. The molecule has 0 aliphatic heterocycles. The van der Waals surface area contributed by atoms with Crippen LogP contribution in [0.3, 0.4) is 0 Å². The van der Waals surface area contributed by atoms with Crippen LogP contribution in [0.5, 0.6) is 0 Å². The lowest BCUT2D eigenvalue weighted by Crippen LogP contribution is -1.97. The van der Waals surface area contributed by atoms with Crippen molar-refractivity contribution in [2.45, 2.75) is 0 Å². The molecular weight excluding hydrogens is 200 g/mol. The molecule has 76 valence electrons. The zero-order valence-electron chi connectivity index (χ0n) is 8.33. The number of hydrogen-bond donors (Lipinski definition) is 3. The first-order chi connectivity index (χ1) is 7.74. The summed E-state index contributed by atoms with van der Waals surface area (Å²) in [4.78, 5) is 3.10. The van der Waals surface area contributed by atoms with Gasteiger partial charge in [0.05, 0.1) is 16.9 Å². The minimum atomic E-state index is 0.214. The predicted octanol–water partition coefficient (Wildman–Crippen LogP) is 1.74. The van der Waals surface area contributed by atoms with E-state index >= 15 is 0 Å². The van der Waals surface area contributed by atoms with E-state index in [0.29, 0.717) is 5.70 Å². The maximum atomic E-state index is 8.96. The molecule has 1 heterocycles. The standard InChI is InChI=1S/C12H8N4/c13-5-8-10(14)7-2-1-6-3-4-16-12(6)9(7)11(8)15/h1-4,14,16H,15H2. The fraction of sp³-hybridized carbons (Fsp3) is 0. The van der Waals surface area contributed by atoms with Crippen molar-refractivity contribution in [3.63, 3.8) is 0 Å². The Morgan fingerprint density at radius 2 is 2.12 bits per heavy atom. The number of fused-ring (bicyclic) bond motifs is 3. The van der Waals surface area contributed by atoms with Crippen molar-refractivity contribution < 1.29 is 0 Å². The van der Waals surface area contributed by atoms with E-state index in [4.69, 9.17) is 16.4 Å². The molecule has 0 atom stereocenters. The molecule has 3 rings (SSSR count). The lowest BCUT2D eigenvalue weighted by Gasteiger charge is -2.02. The molecule has 0 saturated heterocycles. The molecule has 1 aromatic heterocycles. The highest BCUT2D eigenvalue weighted by Gasteiger charge is 2.27. The summed E-state index contributed by atoms with van der Waals surface area (Å²) in [7, 11) is 0. The second-order valence-corrected chi connectivity index (χ2v) is 3.71.